The number of benzene rings is 2. The van der Waals surface area contributed by atoms with Gasteiger partial charge in [-0.3, -0.25) is 4.79 Å². The minimum atomic E-state index is -1.08. The summed E-state index contributed by atoms with van der Waals surface area (Å²) in [6.45, 7) is 6.96. The number of carbonyl (C=O) groups excluding carboxylic acids is 1. The van der Waals surface area contributed by atoms with Crippen molar-refractivity contribution in [3.8, 4) is 11.5 Å². The lowest BCUT2D eigenvalue weighted by atomic mass is 10.1. The highest BCUT2D eigenvalue weighted by Crippen LogP contribution is 2.25. The number of anilines is 1. The van der Waals surface area contributed by atoms with Crippen molar-refractivity contribution in [3.05, 3.63) is 83.0 Å². The highest BCUT2D eigenvalue weighted by atomic mass is 16.5. The Morgan fingerprint density at radius 3 is 2.34 bits per heavy atom. The number of nitrogens with zero attached hydrogens (tertiary/aromatic N) is 1. The minimum absolute atomic E-state index is 0.0407. The van der Waals surface area contributed by atoms with Gasteiger partial charge in [0.2, 0.25) is 0 Å². The molecule has 0 aliphatic rings. The van der Waals surface area contributed by atoms with Crippen molar-refractivity contribution in [1.82, 2.24) is 4.98 Å². The summed E-state index contributed by atoms with van der Waals surface area (Å²) in [4.78, 5) is 27.8. The van der Waals surface area contributed by atoms with Gasteiger partial charge in [0.15, 0.2) is 0 Å². The Hall–Kier alpha value is -3.87. The third-order valence-corrected chi connectivity index (χ3v) is 4.63. The second kappa shape index (κ2) is 10.4. The highest BCUT2D eigenvalue weighted by molar-refractivity contribution is 6.04. The number of hydrogen-bond donors (Lipinski definition) is 2. The van der Waals surface area contributed by atoms with E-state index in [0.29, 0.717) is 36.2 Å². The molecule has 1 amide bonds. The fraction of sp³-hybridized carbons (Fsp3) is 0.240. The van der Waals surface area contributed by atoms with Gasteiger partial charge >= 0.3 is 5.97 Å². The van der Waals surface area contributed by atoms with Crippen molar-refractivity contribution >= 4 is 17.7 Å². The highest BCUT2D eigenvalue weighted by Gasteiger charge is 2.13. The first-order valence-corrected chi connectivity index (χ1v) is 10.3. The van der Waals surface area contributed by atoms with E-state index in [-0.39, 0.29) is 11.4 Å². The molecule has 0 spiro atoms. The van der Waals surface area contributed by atoms with Crippen LogP contribution in [0.25, 0.3) is 0 Å². The van der Waals surface area contributed by atoms with Crippen LogP contribution < -0.4 is 14.8 Å². The van der Waals surface area contributed by atoms with Crippen LogP contribution in [0.2, 0.25) is 0 Å². The first-order valence-electron chi connectivity index (χ1n) is 10.3. The van der Waals surface area contributed by atoms with Crippen LogP contribution >= 0.6 is 0 Å². The van der Waals surface area contributed by atoms with Crippen LogP contribution in [0.5, 0.6) is 11.5 Å². The second-order valence-electron chi connectivity index (χ2n) is 7.80. The summed E-state index contributed by atoms with van der Waals surface area (Å²) < 4.78 is 11.8. The average Bonchev–Trinajstić information content (AvgIpc) is 2.77. The predicted octanol–water partition coefficient (Wildman–Crippen LogP) is 4.95. The number of ether oxygens (including phenoxy) is 2. The molecule has 0 atom stereocenters. The van der Waals surface area contributed by atoms with Crippen LogP contribution in [0, 0.1) is 12.8 Å². The predicted molar refractivity (Wildman–Crippen MR) is 121 cm³/mol. The van der Waals surface area contributed by atoms with Crippen LogP contribution in [0.15, 0.2) is 60.8 Å². The van der Waals surface area contributed by atoms with Gasteiger partial charge in [-0.2, -0.15) is 0 Å². The number of hydrogen-bond acceptors (Lipinski definition) is 5. The Morgan fingerprint density at radius 1 is 1.00 bits per heavy atom. The normalized spacial score (nSPS) is 10.6. The van der Waals surface area contributed by atoms with Gasteiger partial charge in [-0.25, -0.2) is 9.78 Å². The molecule has 166 valence electrons. The maximum Gasteiger partial charge on any atom is 0.337 e. The van der Waals surface area contributed by atoms with Crippen LogP contribution in [0.4, 0.5) is 5.82 Å². The molecule has 0 fully saturated rings. The molecule has 0 aliphatic carbocycles. The van der Waals surface area contributed by atoms with Crippen molar-refractivity contribution in [2.24, 2.45) is 5.92 Å². The third-order valence-electron chi connectivity index (χ3n) is 4.63. The molecule has 3 rings (SSSR count). The molecule has 1 heterocycles. The molecule has 0 saturated heterocycles. The van der Waals surface area contributed by atoms with Gasteiger partial charge in [0.05, 0.1) is 12.2 Å². The Balaban J connectivity index is 1.80. The molecule has 0 saturated carbocycles. The Kier molecular flexibility index (Phi) is 7.44. The molecule has 0 radical (unpaired) electrons. The summed E-state index contributed by atoms with van der Waals surface area (Å²) in [5.41, 5.74) is 2.55. The molecule has 7 heteroatoms. The summed E-state index contributed by atoms with van der Waals surface area (Å²) in [6, 6.07) is 15.8. The van der Waals surface area contributed by atoms with E-state index >= 15 is 0 Å². The monoisotopic (exact) mass is 434 g/mol. The number of carboxylic acids is 1. The minimum Gasteiger partial charge on any atom is -0.493 e. The zero-order chi connectivity index (χ0) is 23.1. The summed E-state index contributed by atoms with van der Waals surface area (Å²) in [5, 5.41) is 11.7. The van der Waals surface area contributed by atoms with Crippen LogP contribution in [-0.4, -0.2) is 28.6 Å². The fourth-order valence-corrected chi connectivity index (χ4v) is 2.85. The van der Waals surface area contributed by atoms with E-state index in [9.17, 15) is 9.59 Å². The van der Waals surface area contributed by atoms with Crippen molar-refractivity contribution in [2.45, 2.75) is 27.4 Å². The second-order valence-corrected chi connectivity index (χ2v) is 7.80. The number of carbonyl (C=O) groups is 2. The molecule has 1 aromatic heterocycles. The van der Waals surface area contributed by atoms with E-state index < -0.39 is 11.9 Å². The summed E-state index contributed by atoms with van der Waals surface area (Å²) in [6.07, 6.45) is 1.19. The smallest absolute Gasteiger partial charge is 0.337 e. The lowest BCUT2D eigenvalue weighted by molar-refractivity contribution is 0.0696. The van der Waals surface area contributed by atoms with Gasteiger partial charge in [-0.05, 0) is 48.2 Å². The molecule has 3 aromatic rings. The van der Waals surface area contributed by atoms with Crippen molar-refractivity contribution in [3.63, 3.8) is 0 Å². The number of rotatable bonds is 9. The zero-order valence-electron chi connectivity index (χ0n) is 18.3. The van der Waals surface area contributed by atoms with Gasteiger partial charge in [-0.15, -0.1) is 0 Å². The first kappa shape index (κ1) is 22.8. The van der Waals surface area contributed by atoms with Gasteiger partial charge in [0.25, 0.3) is 5.91 Å². The van der Waals surface area contributed by atoms with Gasteiger partial charge in [-0.1, -0.05) is 38.1 Å². The van der Waals surface area contributed by atoms with E-state index in [4.69, 9.17) is 14.6 Å². The molecule has 0 unspecified atom stereocenters. The average molecular weight is 434 g/mol. The molecule has 0 aliphatic heterocycles. The van der Waals surface area contributed by atoms with E-state index in [1.807, 2.05) is 45.0 Å². The molecule has 2 aromatic carbocycles. The number of pyridine rings is 1. The van der Waals surface area contributed by atoms with Crippen molar-refractivity contribution in [2.75, 3.05) is 11.9 Å². The largest absolute Gasteiger partial charge is 0.493 e. The summed E-state index contributed by atoms with van der Waals surface area (Å²) in [5.74, 6) is 0.114. The third kappa shape index (κ3) is 6.31. The van der Waals surface area contributed by atoms with E-state index in [2.05, 4.69) is 10.3 Å². The number of aromatic carboxylic acids is 1. The number of aromatic nitrogens is 1. The Morgan fingerprint density at radius 2 is 1.72 bits per heavy atom. The van der Waals surface area contributed by atoms with Gasteiger partial charge in [0, 0.05) is 17.8 Å². The maximum atomic E-state index is 12.8. The van der Waals surface area contributed by atoms with E-state index in [1.165, 1.54) is 18.3 Å². The van der Waals surface area contributed by atoms with Crippen molar-refractivity contribution < 1.29 is 24.2 Å². The summed E-state index contributed by atoms with van der Waals surface area (Å²) in [7, 11) is 0. The number of nitrogens with one attached hydrogen (secondary N) is 1. The zero-order valence-corrected chi connectivity index (χ0v) is 18.3. The van der Waals surface area contributed by atoms with Gasteiger partial charge < -0.3 is 19.9 Å². The quantitative estimate of drug-likeness (QED) is 0.494. The standard InChI is InChI=1S/C25H26N2O5/c1-16(2)14-31-21-10-20(24(28)27-23-9-8-18(13-26-23)25(29)30)11-22(12-21)32-15-19-7-5-4-6-17(19)3/h4-13,16H,14-15H2,1-3H3,(H,29,30)(H,26,27,28). The number of carboxylic acid groups (broad SMARTS) is 1. The maximum absolute atomic E-state index is 12.8. The SMILES string of the molecule is Cc1ccccc1COc1cc(OCC(C)C)cc(C(=O)Nc2ccc(C(=O)O)cn2)c1. The number of amides is 1. The molecule has 2 N–H and O–H groups in total. The lowest BCUT2D eigenvalue weighted by Crippen LogP contribution is -2.14. The molecule has 0 bridgehead atoms. The fourth-order valence-electron chi connectivity index (χ4n) is 2.85. The topological polar surface area (TPSA) is 97.8 Å². The first-order chi connectivity index (χ1) is 15.3. The van der Waals surface area contributed by atoms with E-state index in [0.717, 1.165) is 11.1 Å². The Bertz CT molecular complexity index is 1090. The Labute approximate surface area is 187 Å². The van der Waals surface area contributed by atoms with E-state index in [1.54, 1.807) is 18.2 Å². The molecular weight excluding hydrogens is 408 g/mol. The van der Waals surface area contributed by atoms with Crippen molar-refractivity contribution in [1.29, 1.82) is 0 Å². The van der Waals surface area contributed by atoms with Crippen LogP contribution in [0.1, 0.15) is 45.7 Å². The lowest BCUT2D eigenvalue weighted by Gasteiger charge is -2.14. The molecule has 32 heavy (non-hydrogen) atoms. The molecule has 7 nitrogen and oxygen atoms in total. The number of aryl methyl sites for hydroxylation is 1. The summed E-state index contributed by atoms with van der Waals surface area (Å²) >= 11 is 0. The van der Waals surface area contributed by atoms with Gasteiger partial charge in [0.1, 0.15) is 23.9 Å². The molecular formula is C25H26N2O5. The van der Waals surface area contributed by atoms with Crippen LogP contribution in [0.3, 0.4) is 0 Å². The van der Waals surface area contributed by atoms with Crippen LogP contribution in [-0.2, 0) is 6.61 Å².